The number of anilines is 1. The molecule has 1 N–H and O–H groups in total. The number of rotatable bonds is 6. The molecule has 156 valence electrons. The number of halogens is 1. The summed E-state index contributed by atoms with van der Waals surface area (Å²) in [5, 5.41) is 11.7. The summed E-state index contributed by atoms with van der Waals surface area (Å²) in [5.41, 5.74) is 3.71. The number of aryl methyl sites for hydroxylation is 2. The maximum atomic E-state index is 13.1. The lowest BCUT2D eigenvalue weighted by Crippen LogP contribution is -2.16. The van der Waals surface area contributed by atoms with E-state index in [1.54, 1.807) is 16.8 Å². The van der Waals surface area contributed by atoms with Crippen molar-refractivity contribution in [3.8, 4) is 17.1 Å². The van der Waals surface area contributed by atoms with Gasteiger partial charge in [-0.2, -0.15) is 10.1 Å². The van der Waals surface area contributed by atoms with E-state index in [9.17, 15) is 9.18 Å². The van der Waals surface area contributed by atoms with Crippen LogP contribution in [-0.2, 0) is 24.1 Å². The van der Waals surface area contributed by atoms with E-state index in [1.165, 1.54) is 12.1 Å². The molecule has 2 aromatic carbocycles. The smallest absolute Gasteiger partial charge is 0.227 e. The lowest BCUT2D eigenvalue weighted by molar-refractivity contribution is -0.116. The molecule has 0 saturated carbocycles. The number of hydrogen-bond acceptors (Lipinski definition) is 5. The van der Waals surface area contributed by atoms with Crippen molar-refractivity contribution in [3.63, 3.8) is 0 Å². The predicted molar refractivity (Wildman–Crippen MR) is 112 cm³/mol. The van der Waals surface area contributed by atoms with Gasteiger partial charge in [0, 0.05) is 24.0 Å². The largest absolute Gasteiger partial charge is 0.339 e. The van der Waals surface area contributed by atoms with Crippen molar-refractivity contribution < 1.29 is 13.7 Å². The Morgan fingerprint density at radius 3 is 2.71 bits per heavy atom. The monoisotopic (exact) mass is 417 g/mol. The van der Waals surface area contributed by atoms with E-state index in [2.05, 4.69) is 15.5 Å². The zero-order chi connectivity index (χ0) is 21.2. The van der Waals surface area contributed by atoms with Crippen molar-refractivity contribution in [2.45, 2.75) is 32.1 Å². The van der Waals surface area contributed by atoms with Gasteiger partial charge in [0.1, 0.15) is 11.6 Å². The summed E-state index contributed by atoms with van der Waals surface area (Å²) in [6.07, 6.45) is 3.38. The molecular weight excluding hydrogens is 397 g/mol. The van der Waals surface area contributed by atoms with Gasteiger partial charge < -0.3 is 9.84 Å². The van der Waals surface area contributed by atoms with Crippen molar-refractivity contribution in [1.82, 2.24) is 19.9 Å². The fourth-order valence-electron chi connectivity index (χ4n) is 3.76. The topological polar surface area (TPSA) is 85.8 Å². The van der Waals surface area contributed by atoms with Crippen molar-refractivity contribution in [3.05, 3.63) is 77.6 Å². The summed E-state index contributed by atoms with van der Waals surface area (Å²) in [5.74, 6) is 0.992. The van der Waals surface area contributed by atoms with Gasteiger partial charge in [0.15, 0.2) is 0 Å². The standard InChI is InChI=1S/C23H20FN5O2/c24-16-11-9-15(10-12-16)22-26-21(31-28-22)14-13-20(30)25-23-18-7-4-8-19(18)27-29(23)17-5-2-1-3-6-17/h1-3,5-6,9-12H,4,7-8,13-14H2,(H,25,30). The van der Waals surface area contributed by atoms with Crippen molar-refractivity contribution in [2.75, 3.05) is 5.32 Å². The van der Waals surface area contributed by atoms with Crippen LogP contribution in [0.3, 0.4) is 0 Å². The molecule has 5 rings (SSSR count). The zero-order valence-corrected chi connectivity index (χ0v) is 16.7. The molecule has 0 unspecified atom stereocenters. The van der Waals surface area contributed by atoms with Crippen LogP contribution in [0.4, 0.5) is 10.2 Å². The van der Waals surface area contributed by atoms with Gasteiger partial charge in [-0.3, -0.25) is 4.79 Å². The second-order valence-electron chi connectivity index (χ2n) is 7.44. The Balaban J connectivity index is 1.28. The number of benzene rings is 2. The minimum Gasteiger partial charge on any atom is -0.339 e. The molecule has 1 aliphatic rings. The first-order valence-corrected chi connectivity index (χ1v) is 10.2. The van der Waals surface area contributed by atoms with Crippen LogP contribution in [0.1, 0.15) is 30.0 Å². The summed E-state index contributed by atoms with van der Waals surface area (Å²) in [6.45, 7) is 0. The van der Waals surface area contributed by atoms with Gasteiger partial charge >= 0.3 is 0 Å². The highest BCUT2D eigenvalue weighted by molar-refractivity contribution is 5.91. The molecule has 8 heteroatoms. The number of para-hydroxylation sites is 1. The summed E-state index contributed by atoms with van der Waals surface area (Å²) in [7, 11) is 0. The molecule has 0 saturated heterocycles. The zero-order valence-electron chi connectivity index (χ0n) is 16.7. The summed E-state index contributed by atoms with van der Waals surface area (Å²) in [6, 6.07) is 15.6. The van der Waals surface area contributed by atoms with Crippen LogP contribution in [0.5, 0.6) is 0 Å². The highest BCUT2D eigenvalue weighted by Gasteiger charge is 2.24. The molecule has 0 bridgehead atoms. The molecule has 1 amide bonds. The van der Waals surface area contributed by atoms with Crippen LogP contribution < -0.4 is 5.32 Å². The van der Waals surface area contributed by atoms with Crippen molar-refractivity contribution in [1.29, 1.82) is 0 Å². The Labute approximate surface area is 177 Å². The maximum absolute atomic E-state index is 13.1. The fraction of sp³-hybridized carbons (Fsp3) is 0.217. The van der Waals surface area contributed by atoms with Gasteiger partial charge in [-0.15, -0.1) is 0 Å². The summed E-state index contributed by atoms with van der Waals surface area (Å²) >= 11 is 0. The van der Waals surface area contributed by atoms with E-state index in [1.807, 2.05) is 30.3 Å². The van der Waals surface area contributed by atoms with E-state index in [0.717, 1.165) is 42.0 Å². The number of carbonyl (C=O) groups excluding carboxylic acids is 1. The van der Waals surface area contributed by atoms with Crippen LogP contribution in [0.2, 0.25) is 0 Å². The van der Waals surface area contributed by atoms with E-state index in [4.69, 9.17) is 9.62 Å². The summed E-state index contributed by atoms with van der Waals surface area (Å²) in [4.78, 5) is 17.0. The number of aromatic nitrogens is 4. The van der Waals surface area contributed by atoms with E-state index in [-0.39, 0.29) is 18.1 Å². The SMILES string of the molecule is O=C(CCc1nc(-c2ccc(F)cc2)no1)Nc1c2c(nn1-c1ccccc1)CCC2. The minimum atomic E-state index is -0.328. The minimum absolute atomic E-state index is 0.145. The molecule has 2 aromatic heterocycles. The van der Waals surface area contributed by atoms with E-state index >= 15 is 0 Å². The predicted octanol–water partition coefficient (Wildman–Crippen LogP) is 4.12. The van der Waals surface area contributed by atoms with Crippen LogP contribution in [0.15, 0.2) is 59.1 Å². The molecule has 0 atom stereocenters. The Morgan fingerprint density at radius 1 is 1.10 bits per heavy atom. The molecule has 4 aromatic rings. The Morgan fingerprint density at radius 2 is 1.90 bits per heavy atom. The molecule has 0 spiro atoms. The first-order chi connectivity index (χ1) is 15.2. The van der Waals surface area contributed by atoms with Crippen LogP contribution >= 0.6 is 0 Å². The third-order valence-corrected chi connectivity index (χ3v) is 5.30. The lowest BCUT2D eigenvalue weighted by atomic mass is 10.2. The molecule has 0 aliphatic heterocycles. The normalized spacial score (nSPS) is 12.7. The first kappa shape index (κ1) is 19.2. The van der Waals surface area contributed by atoms with E-state index < -0.39 is 0 Å². The van der Waals surface area contributed by atoms with Crippen molar-refractivity contribution in [2.24, 2.45) is 0 Å². The highest BCUT2D eigenvalue weighted by atomic mass is 19.1. The molecule has 0 fully saturated rings. The lowest BCUT2D eigenvalue weighted by Gasteiger charge is -2.10. The third-order valence-electron chi connectivity index (χ3n) is 5.30. The molecule has 31 heavy (non-hydrogen) atoms. The second kappa shape index (κ2) is 8.14. The number of fused-ring (bicyclic) bond motifs is 1. The van der Waals surface area contributed by atoms with Crippen molar-refractivity contribution >= 4 is 11.7 Å². The van der Waals surface area contributed by atoms with Gasteiger partial charge in [0.2, 0.25) is 17.6 Å². The van der Waals surface area contributed by atoms with E-state index in [0.29, 0.717) is 23.7 Å². The highest BCUT2D eigenvalue weighted by Crippen LogP contribution is 2.31. The Bertz CT molecular complexity index is 1210. The summed E-state index contributed by atoms with van der Waals surface area (Å²) < 4.78 is 20.1. The maximum Gasteiger partial charge on any atom is 0.227 e. The number of nitrogens with one attached hydrogen (secondary N) is 1. The van der Waals surface area contributed by atoms with Gasteiger partial charge in [-0.1, -0.05) is 23.4 Å². The molecule has 2 heterocycles. The van der Waals surface area contributed by atoms with Gasteiger partial charge in [0.25, 0.3) is 0 Å². The average Bonchev–Trinajstić information content (AvgIpc) is 3.51. The number of carbonyl (C=O) groups is 1. The quantitative estimate of drug-likeness (QED) is 0.510. The molecule has 7 nitrogen and oxygen atoms in total. The Kier molecular flexibility index (Phi) is 5.03. The third kappa shape index (κ3) is 3.96. The molecular formula is C23H20FN5O2. The Hall–Kier alpha value is -3.81. The van der Waals surface area contributed by atoms with Gasteiger partial charge in [-0.05, 0) is 55.7 Å². The first-order valence-electron chi connectivity index (χ1n) is 10.2. The molecule has 1 aliphatic carbocycles. The van der Waals surface area contributed by atoms with Crippen LogP contribution in [0, 0.1) is 5.82 Å². The van der Waals surface area contributed by atoms with Crippen LogP contribution in [0.25, 0.3) is 17.1 Å². The van der Waals surface area contributed by atoms with Gasteiger partial charge in [0.05, 0.1) is 11.4 Å². The van der Waals surface area contributed by atoms with Crippen LogP contribution in [-0.4, -0.2) is 25.8 Å². The van der Waals surface area contributed by atoms with Gasteiger partial charge in [-0.25, -0.2) is 9.07 Å². The number of nitrogens with zero attached hydrogens (tertiary/aromatic N) is 4. The number of amides is 1. The fourth-order valence-corrected chi connectivity index (χ4v) is 3.76. The number of hydrogen-bond donors (Lipinski definition) is 1. The molecule has 0 radical (unpaired) electrons. The second-order valence-corrected chi connectivity index (χ2v) is 7.44. The average molecular weight is 417 g/mol.